The van der Waals surface area contributed by atoms with E-state index in [1.54, 1.807) is 48.5 Å². The second kappa shape index (κ2) is 7.91. The first-order valence-electron chi connectivity index (χ1n) is 8.83. The van der Waals surface area contributed by atoms with E-state index in [1.807, 2.05) is 12.1 Å². The minimum Gasteiger partial charge on any atom is -0.332 e. The molecule has 28 heavy (non-hydrogen) atoms. The van der Waals surface area contributed by atoms with Crippen LogP contribution in [0.3, 0.4) is 0 Å². The summed E-state index contributed by atoms with van der Waals surface area (Å²) in [7, 11) is -1.75. The molecule has 0 aliphatic rings. The van der Waals surface area contributed by atoms with Crippen molar-refractivity contribution < 1.29 is 13.3 Å². The lowest BCUT2D eigenvalue weighted by molar-refractivity contribution is 0.0166. The molecule has 6 heteroatoms. The zero-order chi connectivity index (χ0) is 20.2. The fourth-order valence-electron chi connectivity index (χ4n) is 2.37. The van der Waals surface area contributed by atoms with Crippen LogP contribution in [0.4, 0.5) is 8.78 Å². The van der Waals surface area contributed by atoms with Gasteiger partial charge in [0.05, 0.1) is 0 Å². The van der Waals surface area contributed by atoms with Crippen molar-refractivity contribution in [2.75, 3.05) is 0 Å². The molecule has 3 nitrogen and oxygen atoms in total. The standard InChI is InChI=1S/C22H20F2N2OSi/c1-28(2,3)15-14-19(17-10-6-4-7-11-17)16-22(23,24)21-25-20(26-27-21)18-12-8-5-9-13-18/h4-13,16H,1-3H3/b19-16-. The van der Waals surface area contributed by atoms with Gasteiger partial charge in [-0.3, -0.25) is 0 Å². The maximum atomic E-state index is 14.9. The van der Waals surface area contributed by atoms with Crippen LogP contribution in [0.25, 0.3) is 17.0 Å². The molecule has 0 aliphatic heterocycles. The van der Waals surface area contributed by atoms with E-state index in [1.165, 1.54) is 0 Å². The van der Waals surface area contributed by atoms with Gasteiger partial charge in [0.15, 0.2) is 0 Å². The van der Waals surface area contributed by atoms with Crippen molar-refractivity contribution in [3.8, 4) is 22.9 Å². The molecule has 0 unspecified atom stereocenters. The minimum absolute atomic E-state index is 0.123. The van der Waals surface area contributed by atoms with E-state index in [4.69, 9.17) is 4.52 Å². The summed E-state index contributed by atoms with van der Waals surface area (Å²) in [5.41, 5.74) is 4.62. The highest BCUT2D eigenvalue weighted by molar-refractivity contribution is 6.84. The molecule has 142 valence electrons. The first-order valence-corrected chi connectivity index (χ1v) is 12.3. The third-order valence-electron chi connectivity index (χ3n) is 3.73. The Morgan fingerprint density at radius 3 is 2.21 bits per heavy atom. The number of allylic oxidation sites excluding steroid dienone is 2. The van der Waals surface area contributed by atoms with E-state index in [0.29, 0.717) is 11.1 Å². The lowest BCUT2D eigenvalue weighted by Gasteiger charge is -2.09. The summed E-state index contributed by atoms with van der Waals surface area (Å²) in [4.78, 5) is 3.90. The van der Waals surface area contributed by atoms with Crippen molar-refractivity contribution in [1.82, 2.24) is 10.1 Å². The summed E-state index contributed by atoms with van der Waals surface area (Å²) in [5, 5.41) is 3.69. The van der Waals surface area contributed by atoms with E-state index >= 15 is 0 Å². The fourth-order valence-corrected chi connectivity index (χ4v) is 2.88. The molecule has 3 rings (SSSR count). The maximum Gasteiger partial charge on any atom is 0.345 e. The molecule has 0 fully saturated rings. The predicted octanol–water partition coefficient (Wildman–Crippen LogP) is 5.79. The summed E-state index contributed by atoms with van der Waals surface area (Å²) >= 11 is 0. The van der Waals surface area contributed by atoms with Crippen molar-refractivity contribution in [1.29, 1.82) is 0 Å². The van der Waals surface area contributed by atoms with E-state index in [0.717, 1.165) is 6.08 Å². The highest BCUT2D eigenvalue weighted by Crippen LogP contribution is 2.33. The van der Waals surface area contributed by atoms with Crippen LogP contribution < -0.4 is 0 Å². The summed E-state index contributed by atoms with van der Waals surface area (Å²) in [6.07, 6.45) is 0.803. The van der Waals surface area contributed by atoms with Crippen LogP contribution in [0.1, 0.15) is 11.5 Å². The summed E-state index contributed by atoms with van der Waals surface area (Å²) in [6.45, 7) is 6.18. The Labute approximate surface area is 164 Å². The monoisotopic (exact) mass is 394 g/mol. The van der Waals surface area contributed by atoms with Gasteiger partial charge >= 0.3 is 11.8 Å². The van der Waals surface area contributed by atoms with Crippen LogP contribution in [0.5, 0.6) is 0 Å². The van der Waals surface area contributed by atoms with E-state index in [2.05, 4.69) is 41.2 Å². The summed E-state index contributed by atoms with van der Waals surface area (Å²) < 4.78 is 34.7. The van der Waals surface area contributed by atoms with Crippen molar-refractivity contribution in [2.45, 2.75) is 25.6 Å². The molecule has 2 aromatic carbocycles. The van der Waals surface area contributed by atoms with Crippen molar-refractivity contribution in [2.24, 2.45) is 0 Å². The highest BCUT2D eigenvalue weighted by atomic mass is 28.3. The molecule has 0 aliphatic carbocycles. The van der Waals surface area contributed by atoms with Gasteiger partial charge in [0, 0.05) is 17.2 Å². The van der Waals surface area contributed by atoms with E-state index in [9.17, 15) is 8.78 Å². The van der Waals surface area contributed by atoms with Gasteiger partial charge in [-0.15, -0.1) is 5.54 Å². The van der Waals surface area contributed by atoms with Gasteiger partial charge in [-0.2, -0.15) is 13.8 Å². The average molecular weight is 394 g/mol. The number of rotatable bonds is 4. The van der Waals surface area contributed by atoms with Crippen molar-refractivity contribution in [3.05, 3.63) is 78.2 Å². The largest absolute Gasteiger partial charge is 0.345 e. The zero-order valence-electron chi connectivity index (χ0n) is 15.9. The number of hydrogen-bond donors (Lipinski definition) is 0. The Hall–Kier alpha value is -3.04. The number of nitrogens with zero attached hydrogens (tertiary/aromatic N) is 2. The second-order valence-electron chi connectivity index (χ2n) is 7.34. The molecule has 0 spiro atoms. The number of hydrogen-bond acceptors (Lipinski definition) is 3. The van der Waals surface area contributed by atoms with Crippen LogP contribution in [0.2, 0.25) is 19.6 Å². The lowest BCUT2D eigenvalue weighted by atomic mass is 10.0. The first kappa shape index (κ1) is 19.7. The molecular weight excluding hydrogens is 374 g/mol. The van der Waals surface area contributed by atoms with Gasteiger partial charge < -0.3 is 4.52 Å². The minimum atomic E-state index is -3.45. The van der Waals surface area contributed by atoms with Gasteiger partial charge in [0.2, 0.25) is 5.82 Å². The number of halogens is 2. The van der Waals surface area contributed by atoms with Crippen molar-refractivity contribution >= 4 is 13.6 Å². The zero-order valence-corrected chi connectivity index (χ0v) is 16.9. The van der Waals surface area contributed by atoms with Gasteiger partial charge in [0.1, 0.15) is 8.07 Å². The molecule has 0 amide bonds. The molecular formula is C22H20F2N2OSi. The fraction of sp³-hybridized carbons (Fsp3) is 0.182. The number of benzene rings is 2. The van der Waals surface area contributed by atoms with E-state index in [-0.39, 0.29) is 11.4 Å². The Balaban J connectivity index is 2.01. The normalized spacial score (nSPS) is 12.4. The summed E-state index contributed by atoms with van der Waals surface area (Å²) in [6, 6.07) is 17.8. The molecule has 0 saturated carbocycles. The third-order valence-corrected chi connectivity index (χ3v) is 4.60. The molecule has 0 bridgehead atoms. The third kappa shape index (κ3) is 5.02. The van der Waals surface area contributed by atoms with Gasteiger partial charge in [-0.1, -0.05) is 91.4 Å². The molecule has 1 heterocycles. The SMILES string of the molecule is C[Si](C)(C)C#C/C(=C/C(F)(F)c1nc(-c2ccccc2)no1)c1ccccc1. The Bertz CT molecular complexity index is 1030. The first-order chi connectivity index (χ1) is 13.2. The van der Waals surface area contributed by atoms with Crippen LogP contribution >= 0.6 is 0 Å². The Morgan fingerprint density at radius 2 is 1.61 bits per heavy atom. The molecule has 0 radical (unpaired) electrons. The van der Waals surface area contributed by atoms with Crippen LogP contribution in [0, 0.1) is 11.5 Å². The second-order valence-corrected chi connectivity index (χ2v) is 12.1. The lowest BCUT2D eigenvalue weighted by Crippen LogP contribution is -2.16. The smallest absolute Gasteiger partial charge is 0.332 e. The quantitative estimate of drug-likeness (QED) is 0.415. The highest BCUT2D eigenvalue weighted by Gasteiger charge is 2.37. The Morgan fingerprint density at radius 1 is 1.00 bits per heavy atom. The molecule has 3 aromatic rings. The predicted molar refractivity (Wildman–Crippen MR) is 109 cm³/mol. The van der Waals surface area contributed by atoms with Crippen LogP contribution in [0.15, 0.2) is 71.3 Å². The van der Waals surface area contributed by atoms with Crippen LogP contribution in [-0.4, -0.2) is 18.2 Å². The van der Waals surface area contributed by atoms with Gasteiger partial charge in [-0.25, -0.2) is 0 Å². The summed E-state index contributed by atoms with van der Waals surface area (Å²) in [5.74, 6) is -1.13. The molecule has 0 N–H and O–H groups in total. The van der Waals surface area contributed by atoms with E-state index < -0.39 is 19.9 Å². The van der Waals surface area contributed by atoms with Crippen molar-refractivity contribution in [3.63, 3.8) is 0 Å². The van der Waals surface area contributed by atoms with Gasteiger partial charge in [-0.05, 0) is 5.56 Å². The number of aromatic nitrogens is 2. The molecule has 0 saturated heterocycles. The topological polar surface area (TPSA) is 38.9 Å². The average Bonchev–Trinajstić information content (AvgIpc) is 3.17. The van der Waals surface area contributed by atoms with Gasteiger partial charge in [0.25, 0.3) is 0 Å². The number of alkyl halides is 2. The maximum absolute atomic E-state index is 14.9. The van der Waals surface area contributed by atoms with Crippen LogP contribution in [-0.2, 0) is 5.92 Å². The molecule has 1 aromatic heterocycles. The molecule has 0 atom stereocenters. The Kier molecular flexibility index (Phi) is 5.57.